The van der Waals surface area contributed by atoms with Gasteiger partial charge in [-0.3, -0.25) is 10.1 Å². The van der Waals surface area contributed by atoms with E-state index in [-0.39, 0.29) is 5.69 Å². The zero-order valence-corrected chi connectivity index (χ0v) is 17.2. The summed E-state index contributed by atoms with van der Waals surface area (Å²) in [5.74, 6) is 0. The summed E-state index contributed by atoms with van der Waals surface area (Å²) in [5, 5.41) is 15.3. The molecule has 5 rings (SSSR count). The molecule has 0 spiro atoms. The molecule has 8 heteroatoms. The fourth-order valence-corrected chi connectivity index (χ4v) is 3.92. The number of aromatic nitrogens is 3. The van der Waals surface area contributed by atoms with Gasteiger partial charge in [-0.25, -0.2) is 9.50 Å². The fourth-order valence-electron chi connectivity index (χ4n) is 3.92. The van der Waals surface area contributed by atoms with Crippen molar-refractivity contribution in [2.24, 2.45) is 0 Å². The Balaban J connectivity index is 1.40. The molecule has 1 aliphatic heterocycles. The molecule has 0 saturated carbocycles. The SMILES string of the molecule is CN1CCN(c2ccc(-c3cnn4cc(-c5ccc([N+](=O)[O-])cc5)cnc34)cc2)CC1. The monoisotopic (exact) mass is 414 g/mol. The molecule has 3 heterocycles. The van der Waals surface area contributed by atoms with E-state index in [0.29, 0.717) is 0 Å². The van der Waals surface area contributed by atoms with Crippen molar-refractivity contribution in [1.29, 1.82) is 0 Å². The minimum absolute atomic E-state index is 0.0687. The molecule has 31 heavy (non-hydrogen) atoms. The third-order valence-electron chi connectivity index (χ3n) is 5.81. The van der Waals surface area contributed by atoms with Crippen LogP contribution in [0.2, 0.25) is 0 Å². The molecule has 4 aromatic rings. The highest BCUT2D eigenvalue weighted by Gasteiger charge is 2.15. The van der Waals surface area contributed by atoms with Crippen LogP contribution in [-0.4, -0.2) is 57.6 Å². The minimum atomic E-state index is -0.403. The van der Waals surface area contributed by atoms with Gasteiger partial charge in [0, 0.05) is 67.5 Å². The number of piperazine rings is 1. The summed E-state index contributed by atoms with van der Waals surface area (Å²) in [4.78, 5) is 19.8. The second-order valence-electron chi connectivity index (χ2n) is 7.81. The van der Waals surface area contributed by atoms with E-state index in [1.807, 2.05) is 12.4 Å². The largest absolute Gasteiger partial charge is 0.369 e. The van der Waals surface area contributed by atoms with Crippen LogP contribution in [0.3, 0.4) is 0 Å². The Morgan fingerprint density at radius 3 is 2.23 bits per heavy atom. The standard InChI is InChI=1S/C23H22N6O2/c1-26-10-12-27(13-11-26)20-6-4-18(5-7-20)22-15-25-28-16-19(14-24-23(22)28)17-2-8-21(9-3-17)29(30)31/h2-9,14-16H,10-13H2,1H3. The van der Waals surface area contributed by atoms with Crippen LogP contribution in [0.1, 0.15) is 0 Å². The van der Waals surface area contributed by atoms with Gasteiger partial charge in [0.15, 0.2) is 5.65 Å². The van der Waals surface area contributed by atoms with E-state index >= 15 is 0 Å². The lowest BCUT2D eigenvalue weighted by atomic mass is 10.1. The normalized spacial score (nSPS) is 14.8. The lowest BCUT2D eigenvalue weighted by Gasteiger charge is -2.34. The number of fused-ring (bicyclic) bond motifs is 1. The van der Waals surface area contributed by atoms with Gasteiger partial charge in [-0.1, -0.05) is 12.1 Å². The summed E-state index contributed by atoms with van der Waals surface area (Å²) in [7, 11) is 2.16. The van der Waals surface area contributed by atoms with Crippen molar-refractivity contribution in [2.75, 3.05) is 38.1 Å². The lowest BCUT2D eigenvalue weighted by Crippen LogP contribution is -2.44. The maximum Gasteiger partial charge on any atom is 0.269 e. The van der Waals surface area contributed by atoms with Crippen LogP contribution in [0, 0.1) is 10.1 Å². The summed E-state index contributed by atoms with van der Waals surface area (Å²) in [5.41, 5.74) is 5.83. The zero-order chi connectivity index (χ0) is 21.4. The van der Waals surface area contributed by atoms with Crippen LogP contribution >= 0.6 is 0 Å². The number of likely N-dealkylation sites (N-methyl/N-ethyl adjacent to an activating group) is 1. The molecule has 0 unspecified atom stereocenters. The predicted molar refractivity (Wildman–Crippen MR) is 120 cm³/mol. The molecule has 0 aliphatic carbocycles. The third kappa shape index (κ3) is 3.73. The second-order valence-corrected chi connectivity index (χ2v) is 7.81. The van der Waals surface area contributed by atoms with Gasteiger partial charge in [0.2, 0.25) is 0 Å². The molecule has 2 aromatic carbocycles. The van der Waals surface area contributed by atoms with Crippen molar-refractivity contribution in [2.45, 2.75) is 0 Å². The number of nitrogens with zero attached hydrogens (tertiary/aromatic N) is 6. The first-order valence-electron chi connectivity index (χ1n) is 10.2. The van der Waals surface area contributed by atoms with Crippen LogP contribution in [-0.2, 0) is 0 Å². The van der Waals surface area contributed by atoms with Crippen LogP contribution in [0.4, 0.5) is 11.4 Å². The first-order chi connectivity index (χ1) is 15.1. The van der Waals surface area contributed by atoms with Crippen LogP contribution < -0.4 is 4.90 Å². The maximum atomic E-state index is 10.9. The van der Waals surface area contributed by atoms with Gasteiger partial charge in [-0.05, 0) is 42.4 Å². The summed E-state index contributed by atoms with van der Waals surface area (Å²) in [6.07, 6.45) is 5.50. The predicted octanol–water partition coefficient (Wildman–Crippen LogP) is 3.72. The number of nitro groups is 1. The first-order valence-corrected chi connectivity index (χ1v) is 10.2. The average molecular weight is 414 g/mol. The molecular weight excluding hydrogens is 392 g/mol. The highest BCUT2D eigenvalue weighted by atomic mass is 16.6. The number of benzene rings is 2. The highest BCUT2D eigenvalue weighted by Crippen LogP contribution is 2.28. The quantitative estimate of drug-likeness (QED) is 0.374. The van der Waals surface area contributed by atoms with Crippen LogP contribution in [0.5, 0.6) is 0 Å². The lowest BCUT2D eigenvalue weighted by molar-refractivity contribution is -0.384. The molecule has 0 N–H and O–H groups in total. The maximum absolute atomic E-state index is 10.9. The number of hydrogen-bond acceptors (Lipinski definition) is 6. The molecule has 1 fully saturated rings. The van der Waals surface area contributed by atoms with Crippen molar-refractivity contribution in [3.8, 4) is 22.3 Å². The van der Waals surface area contributed by atoms with Crippen molar-refractivity contribution in [3.63, 3.8) is 0 Å². The van der Waals surface area contributed by atoms with Gasteiger partial charge in [0.25, 0.3) is 5.69 Å². The molecule has 1 saturated heterocycles. The van der Waals surface area contributed by atoms with Gasteiger partial charge >= 0.3 is 0 Å². The van der Waals surface area contributed by atoms with Gasteiger partial charge in [-0.2, -0.15) is 5.10 Å². The Morgan fingerprint density at radius 2 is 1.55 bits per heavy atom. The summed E-state index contributed by atoms with van der Waals surface area (Å²) in [6.45, 7) is 4.24. The van der Waals surface area contributed by atoms with Crippen molar-refractivity contribution >= 4 is 17.0 Å². The highest BCUT2D eigenvalue weighted by molar-refractivity contribution is 5.78. The second kappa shape index (κ2) is 7.81. The fraction of sp³-hybridized carbons (Fsp3) is 0.217. The molecule has 2 aromatic heterocycles. The van der Waals surface area contributed by atoms with Crippen molar-refractivity contribution in [1.82, 2.24) is 19.5 Å². The molecule has 0 atom stereocenters. The van der Waals surface area contributed by atoms with E-state index in [2.05, 4.69) is 51.2 Å². The molecule has 1 aliphatic rings. The molecule has 0 amide bonds. The van der Waals surface area contributed by atoms with E-state index in [4.69, 9.17) is 0 Å². The number of rotatable bonds is 4. The number of hydrogen-bond donors (Lipinski definition) is 0. The van der Waals surface area contributed by atoms with Crippen LogP contribution in [0.15, 0.2) is 67.1 Å². The zero-order valence-electron chi connectivity index (χ0n) is 17.2. The van der Waals surface area contributed by atoms with E-state index in [9.17, 15) is 10.1 Å². The Morgan fingerprint density at radius 1 is 0.871 bits per heavy atom. The van der Waals surface area contributed by atoms with E-state index in [1.54, 1.807) is 22.8 Å². The summed E-state index contributed by atoms with van der Waals surface area (Å²) >= 11 is 0. The summed E-state index contributed by atoms with van der Waals surface area (Å²) < 4.78 is 1.75. The molecule has 0 bridgehead atoms. The van der Waals surface area contributed by atoms with E-state index in [0.717, 1.165) is 54.1 Å². The third-order valence-corrected chi connectivity index (χ3v) is 5.81. The molecule has 156 valence electrons. The average Bonchev–Trinajstić information content (AvgIpc) is 3.23. The smallest absolute Gasteiger partial charge is 0.269 e. The number of anilines is 1. The van der Waals surface area contributed by atoms with Gasteiger partial charge in [-0.15, -0.1) is 0 Å². The van der Waals surface area contributed by atoms with Crippen molar-refractivity contribution in [3.05, 3.63) is 77.2 Å². The van der Waals surface area contributed by atoms with Crippen LogP contribution in [0.25, 0.3) is 27.9 Å². The molecule has 8 nitrogen and oxygen atoms in total. The Kier molecular flexibility index (Phi) is 4.83. The van der Waals surface area contributed by atoms with Crippen molar-refractivity contribution < 1.29 is 4.92 Å². The van der Waals surface area contributed by atoms with E-state index in [1.165, 1.54) is 17.8 Å². The van der Waals surface area contributed by atoms with Gasteiger partial charge < -0.3 is 9.80 Å². The molecule has 0 radical (unpaired) electrons. The number of nitro benzene ring substituents is 1. The van der Waals surface area contributed by atoms with E-state index < -0.39 is 4.92 Å². The Bertz CT molecular complexity index is 1230. The van der Waals surface area contributed by atoms with Gasteiger partial charge in [0.05, 0.1) is 11.1 Å². The Hall–Kier alpha value is -3.78. The first kappa shape index (κ1) is 19.2. The minimum Gasteiger partial charge on any atom is -0.369 e. The number of non-ortho nitro benzene ring substituents is 1. The summed E-state index contributed by atoms with van der Waals surface area (Å²) in [6, 6.07) is 15.0. The topological polar surface area (TPSA) is 79.8 Å². The Labute approximate surface area is 179 Å². The van der Waals surface area contributed by atoms with Gasteiger partial charge in [0.1, 0.15) is 0 Å². The molecular formula is C23H22N6O2.